The van der Waals surface area contributed by atoms with Gasteiger partial charge in [-0.1, -0.05) is 0 Å². The van der Waals surface area contributed by atoms with Gasteiger partial charge in [0.1, 0.15) is 6.23 Å². The van der Waals surface area contributed by atoms with E-state index in [1.807, 2.05) is 0 Å². The minimum absolute atomic E-state index is 0.224. The zero-order chi connectivity index (χ0) is 10.9. The van der Waals surface area contributed by atoms with Crippen LogP contribution in [0.4, 0.5) is 0 Å². The van der Waals surface area contributed by atoms with Crippen molar-refractivity contribution < 1.29 is 33.8 Å². The minimum atomic E-state index is -5.09. The maximum absolute atomic E-state index is 10.5. The Bertz CT molecular complexity index is 273. The Hall–Kier alpha value is -0.0400. The van der Waals surface area contributed by atoms with Crippen LogP contribution in [-0.2, 0) is 9.13 Å². The Kier molecular flexibility index (Phi) is 3.98. The van der Waals surface area contributed by atoms with Gasteiger partial charge in [-0.05, 0) is 6.08 Å². The quantitative estimate of drug-likeness (QED) is 0.252. The van der Waals surface area contributed by atoms with E-state index in [-0.39, 0.29) is 6.08 Å². The molecule has 0 saturated carbocycles. The van der Waals surface area contributed by atoms with Gasteiger partial charge in [0.05, 0.1) is 0 Å². The first-order valence-corrected chi connectivity index (χ1v) is 6.05. The summed E-state index contributed by atoms with van der Waals surface area (Å²) in [5.41, 5.74) is 4.68. The summed E-state index contributed by atoms with van der Waals surface area (Å²) in [6, 6.07) is 0. The minimum Gasteiger partial charge on any atom is -0.375 e. The first-order chi connectivity index (χ1) is 5.55. The number of nitrogens with two attached hydrogens (primary N) is 1. The summed E-state index contributed by atoms with van der Waals surface area (Å²) < 4.78 is 21.0. The molecule has 8 nitrogen and oxygen atoms in total. The van der Waals surface area contributed by atoms with Crippen LogP contribution in [-0.4, -0.2) is 30.9 Å². The van der Waals surface area contributed by atoms with Gasteiger partial charge >= 0.3 is 15.2 Å². The third kappa shape index (κ3) is 4.66. The van der Waals surface area contributed by atoms with Gasteiger partial charge in [-0.3, -0.25) is 9.13 Å². The summed E-state index contributed by atoms with van der Waals surface area (Å²) in [5.74, 6) is 0. The topological polar surface area (TPSA) is 161 Å². The molecule has 0 spiro atoms. The third-order valence-corrected chi connectivity index (χ3v) is 3.97. The summed E-state index contributed by atoms with van der Waals surface area (Å²) in [5, 5.41) is 6.99. The molecule has 0 aliphatic rings. The molecule has 0 aromatic carbocycles. The second-order valence-corrected chi connectivity index (χ2v) is 5.60. The molecule has 13 heavy (non-hydrogen) atoms. The van der Waals surface area contributed by atoms with Crippen molar-refractivity contribution in [2.45, 2.75) is 6.23 Å². The van der Waals surface area contributed by atoms with Gasteiger partial charge in [0.2, 0.25) is 0 Å². The van der Waals surface area contributed by atoms with Crippen molar-refractivity contribution in [3.8, 4) is 0 Å². The largest absolute Gasteiger partial charge is 0.375 e. The van der Waals surface area contributed by atoms with Crippen molar-refractivity contribution in [2.24, 2.45) is 5.73 Å². The summed E-state index contributed by atoms with van der Waals surface area (Å²) in [4.78, 5) is 33.8. The summed E-state index contributed by atoms with van der Waals surface area (Å²) in [6.07, 6.45) is -1.61. The monoisotopic (exact) mass is 233 g/mol. The van der Waals surface area contributed by atoms with Crippen LogP contribution in [0.25, 0.3) is 0 Å². The van der Waals surface area contributed by atoms with Gasteiger partial charge in [0, 0.05) is 0 Å². The SMILES string of the molecule is NC(O)C=C(P(=O)(O)O)P(=O)(O)O. The van der Waals surface area contributed by atoms with Gasteiger partial charge in [0.15, 0.2) is 5.06 Å². The van der Waals surface area contributed by atoms with Gasteiger partial charge in [-0.2, -0.15) is 0 Å². The first kappa shape index (κ1) is 13.0. The molecule has 0 saturated heterocycles. The Morgan fingerprint density at radius 1 is 1.15 bits per heavy atom. The van der Waals surface area contributed by atoms with E-state index in [9.17, 15) is 9.13 Å². The molecule has 0 aliphatic heterocycles. The zero-order valence-electron chi connectivity index (χ0n) is 6.18. The van der Waals surface area contributed by atoms with Crippen LogP contribution in [0.1, 0.15) is 0 Å². The van der Waals surface area contributed by atoms with Crippen molar-refractivity contribution in [3.63, 3.8) is 0 Å². The summed E-state index contributed by atoms with van der Waals surface area (Å²) >= 11 is 0. The fourth-order valence-electron chi connectivity index (χ4n) is 0.517. The van der Waals surface area contributed by atoms with E-state index in [4.69, 9.17) is 24.7 Å². The van der Waals surface area contributed by atoms with Gasteiger partial charge in [-0.25, -0.2) is 0 Å². The molecule has 0 aliphatic carbocycles. The highest BCUT2D eigenvalue weighted by Crippen LogP contribution is 2.63. The lowest BCUT2D eigenvalue weighted by Crippen LogP contribution is -2.15. The van der Waals surface area contributed by atoms with Crippen LogP contribution in [0.15, 0.2) is 11.1 Å². The Balaban J connectivity index is 5.27. The van der Waals surface area contributed by atoms with E-state index in [1.54, 1.807) is 0 Å². The smallest absolute Gasteiger partial charge is 0.364 e. The van der Waals surface area contributed by atoms with Crippen LogP contribution >= 0.6 is 15.2 Å². The molecule has 1 unspecified atom stereocenters. The van der Waals surface area contributed by atoms with Gasteiger partial charge < -0.3 is 30.4 Å². The van der Waals surface area contributed by atoms with Crippen molar-refractivity contribution >= 4 is 15.2 Å². The fourth-order valence-corrected chi connectivity index (χ4v) is 2.57. The highest BCUT2D eigenvalue weighted by atomic mass is 31.2. The molecule has 10 heteroatoms. The van der Waals surface area contributed by atoms with E-state index < -0.39 is 26.5 Å². The lowest BCUT2D eigenvalue weighted by atomic mass is 10.6. The normalized spacial score (nSPS) is 15.2. The summed E-state index contributed by atoms with van der Waals surface area (Å²) in [7, 11) is -10.2. The number of aliphatic hydroxyl groups excluding tert-OH is 1. The molecular weight excluding hydrogens is 224 g/mol. The molecule has 0 radical (unpaired) electrons. The van der Waals surface area contributed by atoms with Crippen molar-refractivity contribution in [1.82, 2.24) is 0 Å². The highest BCUT2D eigenvalue weighted by Gasteiger charge is 2.36. The van der Waals surface area contributed by atoms with E-state index >= 15 is 0 Å². The molecular formula is C3H9NO7P2. The molecule has 0 rings (SSSR count). The molecule has 0 aromatic rings. The van der Waals surface area contributed by atoms with E-state index in [0.717, 1.165) is 0 Å². The van der Waals surface area contributed by atoms with Gasteiger partial charge in [0.25, 0.3) is 0 Å². The average Bonchev–Trinajstić information content (AvgIpc) is 1.77. The van der Waals surface area contributed by atoms with E-state index in [2.05, 4.69) is 5.73 Å². The van der Waals surface area contributed by atoms with Gasteiger partial charge in [-0.15, -0.1) is 0 Å². The lowest BCUT2D eigenvalue weighted by molar-refractivity contribution is 0.230. The molecule has 7 N–H and O–H groups in total. The molecule has 0 bridgehead atoms. The third-order valence-electron chi connectivity index (χ3n) is 0.917. The molecule has 0 heterocycles. The number of rotatable bonds is 3. The van der Waals surface area contributed by atoms with Crippen LogP contribution < -0.4 is 5.73 Å². The van der Waals surface area contributed by atoms with Crippen LogP contribution in [0.2, 0.25) is 0 Å². The molecule has 0 fully saturated rings. The predicted molar refractivity (Wildman–Crippen MR) is 42.4 cm³/mol. The van der Waals surface area contributed by atoms with Crippen molar-refractivity contribution in [3.05, 3.63) is 11.1 Å². The first-order valence-electron chi connectivity index (χ1n) is 2.83. The average molecular weight is 233 g/mol. The Morgan fingerprint density at radius 3 is 1.54 bits per heavy atom. The van der Waals surface area contributed by atoms with Crippen molar-refractivity contribution in [2.75, 3.05) is 0 Å². The second-order valence-electron chi connectivity index (χ2n) is 2.10. The van der Waals surface area contributed by atoms with Crippen molar-refractivity contribution in [1.29, 1.82) is 0 Å². The standard InChI is InChI=1S/C3H9NO7P2/c4-2(5)1-3(12(6,7)8)13(9,10)11/h1-2,5H,4H2,(H2,6,7,8)(H2,9,10,11). The zero-order valence-corrected chi connectivity index (χ0v) is 7.97. The predicted octanol–water partition coefficient (Wildman–Crippen LogP) is -1.54. The van der Waals surface area contributed by atoms with Crippen LogP contribution in [0.3, 0.4) is 0 Å². The molecule has 0 aromatic heterocycles. The number of hydrogen-bond acceptors (Lipinski definition) is 4. The van der Waals surface area contributed by atoms with E-state index in [0.29, 0.717) is 0 Å². The molecule has 1 atom stereocenters. The number of hydrogen-bond donors (Lipinski definition) is 6. The molecule has 78 valence electrons. The lowest BCUT2D eigenvalue weighted by Gasteiger charge is -2.11. The van der Waals surface area contributed by atoms with E-state index in [1.165, 1.54) is 0 Å². The Labute approximate surface area is 73.0 Å². The van der Waals surface area contributed by atoms with Crippen LogP contribution in [0.5, 0.6) is 0 Å². The van der Waals surface area contributed by atoms with Crippen LogP contribution in [0, 0.1) is 0 Å². The maximum Gasteiger partial charge on any atom is 0.364 e. The molecule has 0 amide bonds. The number of aliphatic hydroxyl groups is 1. The second kappa shape index (κ2) is 4.00. The fraction of sp³-hybridized carbons (Fsp3) is 0.333. The summed E-state index contributed by atoms with van der Waals surface area (Å²) in [6.45, 7) is 0. The maximum atomic E-state index is 10.5. The highest BCUT2D eigenvalue weighted by molar-refractivity contribution is 7.77. The Morgan fingerprint density at radius 2 is 1.46 bits per heavy atom.